The predicted molar refractivity (Wildman–Crippen MR) is 154 cm³/mol. The lowest BCUT2D eigenvalue weighted by Gasteiger charge is -2.41. The van der Waals surface area contributed by atoms with Crippen LogP contribution >= 0.6 is 10.6 Å². The van der Waals surface area contributed by atoms with Gasteiger partial charge in [-0.25, -0.2) is 9.78 Å². The van der Waals surface area contributed by atoms with Crippen LogP contribution in [0.1, 0.15) is 15.9 Å². The number of rotatable bonds is 5. The van der Waals surface area contributed by atoms with Crippen molar-refractivity contribution in [1.29, 1.82) is 0 Å². The van der Waals surface area contributed by atoms with Gasteiger partial charge < -0.3 is 4.74 Å². The number of anilines is 1. The minimum absolute atomic E-state index is 0.278. The molecule has 0 aliphatic carbocycles. The van der Waals surface area contributed by atoms with Gasteiger partial charge in [-0.15, -0.1) is 0 Å². The van der Waals surface area contributed by atoms with Gasteiger partial charge in [0.1, 0.15) is 0 Å². The highest BCUT2D eigenvalue weighted by Gasteiger charge is 2.29. The van der Waals surface area contributed by atoms with Gasteiger partial charge >= 0.3 is 6.09 Å². The SMILES string of the molecule is COC(=O)N(NC(=O)c1c(CN2CCS(O)(O)CC2)c(-c2ccccc2)nc2ccccc12)c1ccccc1. The first kappa shape index (κ1) is 26.6. The fraction of sp³-hybridized carbons (Fsp3) is 0.207. The third-order valence-electron chi connectivity index (χ3n) is 6.70. The van der Waals surface area contributed by atoms with E-state index in [0.717, 1.165) is 10.6 Å². The number of pyridine rings is 1. The Balaban J connectivity index is 1.64. The molecule has 1 aliphatic heterocycles. The van der Waals surface area contributed by atoms with Crippen molar-refractivity contribution in [3.8, 4) is 11.3 Å². The molecule has 39 heavy (non-hydrogen) atoms. The van der Waals surface area contributed by atoms with Gasteiger partial charge in [0.15, 0.2) is 0 Å². The molecule has 0 spiro atoms. The number of amides is 2. The Morgan fingerprint density at radius 3 is 2.23 bits per heavy atom. The third-order valence-corrected chi connectivity index (χ3v) is 8.38. The fourth-order valence-electron chi connectivity index (χ4n) is 4.69. The van der Waals surface area contributed by atoms with Crippen molar-refractivity contribution in [2.75, 3.05) is 36.7 Å². The van der Waals surface area contributed by atoms with Crippen LogP contribution in [0.15, 0.2) is 84.9 Å². The number of carbonyl (C=O) groups is 2. The average molecular weight is 547 g/mol. The summed E-state index contributed by atoms with van der Waals surface area (Å²) in [7, 11) is -1.33. The molecular weight excluding hydrogens is 516 g/mol. The molecule has 2 heterocycles. The maximum Gasteiger partial charge on any atom is 0.433 e. The molecule has 10 heteroatoms. The number of ether oxygens (including phenoxy) is 1. The number of aromatic nitrogens is 1. The van der Waals surface area contributed by atoms with Crippen molar-refractivity contribution in [3.05, 3.63) is 96.1 Å². The quantitative estimate of drug-likeness (QED) is 0.288. The summed E-state index contributed by atoms with van der Waals surface area (Å²) in [6.07, 6.45) is -0.737. The van der Waals surface area contributed by atoms with Crippen LogP contribution in [0.25, 0.3) is 22.2 Å². The van der Waals surface area contributed by atoms with E-state index < -0.39 is 22.6 Å². The molecule has 3 aromatic carbocycles. The number of benzene rings is 3. The third kappa shape index (κ3) is 5.89. The van der Waals surface area contributed by atoms with Crippen molar-refractivity contribution in [1.82, 2.24) is 15.3 Å². The summed E-state index contributed by atoms with van der Waals surface area (Å²) < 4.78 is 25.3. The topological polar surface area (TPSA) is 115 Å². The van der Waals surface area contributed by atoms with Crippen LogP contribution in [-0.4, -0.2) is 62.7 Å². The van der Waals surface area contributed by atoms with Gasteiger partial charge in [-0.1, -0.05) is 66.7 Å². The molecule has 0 unspecified atom stereocenters. The average Bonchev–Trinajstić information content (AvgIpc) is 2.97. The zero-order chi connectivity index (χ0) is 27.4. The van der Waals surface area contributed by atoms with Crippen LogP contribution in [0.3, 0.4) is 0 Å². The van der Waals surface area contributed by atoms with Gasteiger partial charge in [-0.2, -0.15) is 15.6 Å². The predicted octanol–water partition coefficient (Wildman–Crippen LogP) is 5.39. The van der Waals surface area contributed by atoms with Crippen molar-refractivity contribution < 1.29 is 23.4 Å². The minimum atomic E-state index is -2.58. The number of hydrogen-bond donors (Lipinski definition) is 3. The Kier molecular flexibility index (Phi) is 7.80. The Hall–Kier alpha value is -3.96. The fourth-order valence-corrected chi connectivity index (χ4v) is 5.99. The molecule has 2 amide bonds. The summed E-state index contributed by atoms with van der Waals surface area (Å²) in [5.74, 6) is 0.0667. The van der Waals surface area contributed by atoms with Crippen molar-refractivity contribution in [3.63, 3.8) is 0 Å². The number of carbonyl (C=O) groups excluding carboxylic acids is 2. The molecule has 4 aromatic rings. The van der Waals surface area contributed by atoms with E-state index in [1.165, 1.54) is 7.11 Å². The molecule has 1 fully saturated rings. The summed E-state index contributed by atoms with van der Waals surface area (Å²) in [4.78, 5) is 33.9. The molecule has 1 aromatic heterocycles. The molecule has 1 aliphatic rings. The Labute approximate surface area is 228 Å². The molecule has 1 saturated heterocycles. The number of hydrazine groups is 1. The van der Waals surface area contributed by atoms with Gasteiger partial charge in [0.05, 0.1) is 41.1 Å². The smallest absolute Gasteiger partial charge is 0.433 e. The zero-order valence-corrected chi connectivity index (χ0v) is 22.3. The first-order valence-electron chi connectivity index (χ1n) is 12.5. The van der Waals surface area contributed by atoms with Gasteiger partial charge in [-0.05, 0) is 18.2 Å². The van der Waals surface area contributed by atoms with E-state index in [0.29, 0.717) is 53.0 Å². The molecule has 0 radical (unpaired) electrons. The molecular formula is C29H30N4O5S. The number of nitrogens with one attached hydrogen (secondary N) is 1. The van der Waals surface area contributed by atoms with Crippen LogP contribution in [0.4, 0.5) is 10.5 Å². The van der Waals surface area contributed by atoms with Gasteiger partial charge in [-0.3, -0.25) is 24.2 Å². The van der Waals surface area contributed by atoms with Crippen LogP contribution < -0.4 is 10.4 Å². The normalized spacial score (nSPS) is 15.9. The largest absolute Gasteiger partial charge is 0.451 e. The molecule has 0 bridgehead atoms. The van der Waals surface area contributed by atoms with Crippen molar-refractivity contribution in [2.45, 2.75) is 6.54 Å². The summed E-state index contributed by atoms with van der Waals surface area (Å²) in [6, 6.07) is 25.8. The zero-order valence-electron chi connectivity index (χ0n) is 21.5. The molecule has 0 saturated carbocycles. The number of nitrogens with zero attached hydrogens (tertiary/aromatic N) is 3. The number of methoxy groups -OCH3 is 1. The number of para-hydroxylation sites is 2. The molecule has 9 nitrogen and oxygen atoms in total. The van der Waals surface area contributed by atoms with Crippen LogP contribution in [0.2, 0.25) is 0 Å². The van der Waals surface area contributed by atoms with Crippen LogP contribution in [-0.2, 0) is 11.3 Å². The van der Waals surface area contributed by atoms with E-state index in [1.807, 2.05) is 60.7 Å². The van der Waals surface area contributed by atoms with E-state index in [1.54, 1.807) is 24.3 Å². The maximum atomic E-state index is 14.1. The highest BCUT2D eigenvalue weighted by Crippen LogP contribution is 2.41. The lowest BCUT2D eigenvalue weighted by molar-refractivity contribution is 0.0940. The summed E-state index contributed by atoms with van der Waals surface area (Å²) >= 11 is 0. The lowest BCUT2D eigenvalue weighted by Crippen LogP contribution is -2.47. The maximum absolute atomic E-state index is 14.1. The summed E-state index contributed by atoms with van der Waals surface area (Å²) in [5.41, 5.74) is 6.43. The highest BCUT2D eigenvalue weighted by atomic mass is 32.3. The van der Waals surface area contributed by atoms with Crippen LogP contribution in [0.5, 0.6) is 0 Å². The molecule has 0 atom stereocenters. The molecule has 202 valence electrons. The van der Waals surface area contributed by atoms with E-state index in [2.05, 4.69) is 10.3 Å². The van der Waals surface area contributed by atoms with Gasteiger partial charge in [0.25, 0.3) is 5.91 Å². The highest BCUT2D eigenvalue weighted by molar-refractivity contribution is 8.24. The monoisotopic (exact) mass is 546 g/mol. The minimum Gasteiger partial charge on any atom is -0.451 e. The van der Waals surface area contributed by atoms with Crippen molar-refractivity contribution in [2.24, 2.45) is 0 Å². The summed E-state index contributed by atoms with van der Waals surface area (Å²) in [5, 5.41) is 1.73. The second-order valence-corrected chi connectivity index (χ2v) is 11.7. The summed E-state index contributed by atoms with van der Waals surface area (Å²) in [6.45, 7) is 1.31. The molecule has 5 rings (SSSR count). The first-order chi connectivity index (χ1) is 18.9. The van der Waals surface area contributed by atoms with E-state index in [9.17, 15) is 18.7 Å². The number of fused-ring (bicyclic) bond motifs is 1. The second-order valence-electron chi connectivity index (χ2n) is 9.27. The van der Waals surface area contributed by atoms with E-state index >= 15 is 0 Å². The Morgan fingerprint density at radius 1 is 0.949 bits per heavy atom. The van der Waals surface area contributed by atoms with Crippen LogP contribution in [0, 0.1) is 0 Å². The van der Waals surface area contributed by atoms with E-state index in [-0.39, 0.29) is 11.5 Å². The first-order valence-corrected chi connectivity index (χ1v) is 14.4. The Bertz CT molecular complexity index is 1470. The Morgan fingerprint density at radius 2 is 1.56 bits per heavy atom. The molecule has 3 N–H and O–H groups in total. The van der Waals surface area contributed by atoms with E-state index in [4.69, 9.17) is 9.72 Å². The van der Waals surface area contributed by atoms with Gasteiger partial charge in [0.2, 0.25) is 0 Å². The second kappa shape index (κ2) is 11.4. The van der Waals surface area contributed by atoms with Gasteiger partial charge in [0, 0.05) is 36.1 Å². The lowest BCUT2D eigenvalue weighted by atomic mass is 9.95. The van der Waals surface area contributed by atoms with Crippen molar-refractivity contribution >= 4 is 39.2 Å². The standard InChI is InChI=1S/C29H30N4O5S/c1-38-29(35)33(22-12-6-3-7-13-22)31-28(34)26-23-14-8-9-15-25(23)30-27(21-10-4-2-5-11-21)24(26)20-32-16-18-39(36,37)19-17-32/h2-15,36-37H,16-20H2,1H3,(H,31,34). The number of hydrogen-bond acceptors (Lipinski definition) is 7.